The van der Waals surface area contributed by atoms with Crippen LogP contribution in [0.4, 0.5) is 4.39 Å². The van der Waals surface area contributed by atoms with E-state index >= 15 is 0 Å². The number of hydrogen-bond acceptors (Lipinski definition) is 3. The Morgan fingerprint density at radius 2 is 2.22 bits per heavy atom. The van der Waals surface area contributed by atoms with Crippen molar-refractivity contribution in [3.63, 3.8) is 0 Å². The highest BCUT2D eigenvalue weighted by molar-refractivity contribution is 9.10. The van der Waals surface area contributed by atoms with Crippen molar-refractivity contribution in [2.24, 2.45) is 5.73 Å². The van der Waals surface area contributed by atoms with E-state index in [9.17, 15) is 4.39 Å². The number of ether oxygens (including phenoxy) is 1. The van der Waals surface area contributed by atoms with Crippen molar-refractivity contribution in [1.29, 1.82) is 0 Å². The van der Waals surface area contributed by atoms with Crippen LogP contribution < -0.4 is 5.73 Å². The van der Waals surface area contributed by atoms with E-state index in [1.54, 1.807) is 13.2 Å². The Morgan fingerprint density at radius 1 is 1.50 bits per heavy atom. The summed E-state index contributed by atoms with van der Waals surface area (Å²) in [6.07, 6.45) is 0. The highest BCUT2D eigenvalue weighted by Gasteiger charge is 2.19. The van der Waals surface area contributed by atoms with Crippen molar-refractivity contribution in [2.75, 3.05) is 33.4 Å². The summed E-state index contributed by atoms with van der Waals surface area (Å²) in [7, 11) is 1.68. The van der Waals surface area contributed by atoms with Crippen LogP contribution in [0.15, 0.2) is 22.7 Å². The molecule has 0 aliphatic carbocycles. The van der Waals surface area contributed by atoms with E-state index in [-0.39, 0.29) is 11.9 Å². The molecule has 0 fully saturated rings. The third-order valence-corrected chi connectivity index (χ3v) is 3.66. The van der Waals surface area contributed by atoms with Crippen LogP contribution in [0.2, 0.25) is 0 Å². The zero-order valence-electron chi connectivity index (χ0n) is 10.8. The van der Waals surface area contributed by atoms with Crippen molar-refractivity contribution in [3.05, 3.63) is 34.1 Å². The average molecular weight is 319 g/mol. The number of halogens is 2. The third kappa shape index (κ3) is 4.02. The summed E-state index contributed by atoms with van der Waals surface area (Å²) in [4.78, 5) is 2.22. The van der Waals surface area contributed by atoms with Gasteiger partial charge in [-0.2, -0.15) is 0 Å². The predicted molar refractivity (Wildman–Crippen MR) is 75.0 cm³/mol. The molecule has 1 rings (SSSR count). The molecule has 0 saturated heterocycles. The number of hydrogen-bond donors (Lipinski definition) is 1. The van der Waals surface area contributed by atoms with Gasteiger partial charge in [-0.25, -0.2) is 4.39 Å². The molecule has 0 amide bonds. The van der Waals surface area contributed by atoms with Gasteiger partial charge in [0.25, 0.3) is 0 Å². The number of nitrogens with two attached hydrogens (primary N) is 1. The molecule has 102 valence electrons. The Balaban J connectivity index is 2.92. The first-order chi connectivity index (χ1) is 8.63. The molecule has 1 aromatic carbocycles. The van der Waals surface area contributed by atoms with Gasteiger partial charge in [0.2, 0.25) is 0 Å². The van der Waals surface area contributed by atoms with Gasteiger partial charge in [0.15, 0.2) is 0 Å². The number of benzene rings is 1. The van der Waals surface area contributed by atoms with E-state index in [1.165, 1.54) is 12.1 Å². The Morgan fingerprint density at radius 3 is 2.72 bits per heavy atom. The molecule has 0 saturated carbocycles. The fourth-order valence-corrected chi connectivity index (χ4v) is 2.60. The summed E-state index contributed by atoms with van der Waals surface area (Å²) >= 11 is 3.40. The molecule has 0 bridgehead atoms. The maximum absolute atomic E-state index is 13.1. The first-order valence-electron chi connectivity index (χ1n) is 6.02. The summed E-state index contributed by atoms with van der Waals surface area (Å²) in [6, 6.07) is 4.79. The molecule has 5 heteroatoms. The van der Waals surface area contributed by atoms with Gasteiger partial charge >= 0.3 is 0 Å². The normalized spacial score (nSPS) is 13.0. The maximum atomic E-state index is 13.1. The minimum Gasteiger partial charge on any atom is -0.383 e. The monoisotopic (exact) mass is 318 g/mol. The SMILES string of the molecule is CCN(CCOC)C(CN)c1ccc(F)cc1Br. The molecule has 3 nitrogen and oxygen atoms in total. The smallest absolute Gasteiger partial charge is 0.124 e. The van der Waals surface area contributed by atoms with Crippen molar-refractivity contribution in [3.8, 4) is 0 Å². The van der Waals surface area contributed by atoms with Gasteiger partial charge in [0, 0.05) is 30.7 Å². The van der Waals surface area contributed by atoms with Gasteiger partial charge in [-0.05, 0) is 24.2 Å². The molecule has 0 radical (unpaired) electrons. The number of nitrogens with zero attached hydrogens (tertiary/aromatic N) is 1. The number of methoxy groups -OCH3 is 1. The van der Waals surface area contributed by atoms with Crippen molar-refractivity contribution < 1.29 is 9.13 Å². The Bertz CT molecular complexity index is 376. The van der Waals surface area contributed by atoms with Gasteiger partial charge in [-0.1, -0.05) is 28.9 Å². The van der Waals surface area contributed by atoms with Crippen LogP contribution in [0.5, 0.6) is 0 Å². The highest BCUT2D eigenvalue weighted by Crippen LogP contribution is 2.27. The first kappa shape index (κ1) is 15.6. The second-order valence-electron chi connectivity index (χ2n) is 4.04. The molecule has 0 spiro atoms. The summed E-state index contributed by atoms with van der Waals surface area (Å²) in [5.74, 6) is -0.249. The summed E-state index contributed by atoms with van der Waals surface area (Å²) in [6.45, 7) is 4.90. The zero-order chi connectivity index (χ0) is 13.5. The van der Waals surface area contributed by atoms with Crippen LogP contribution in [0.25, 0.3) is 0 Å². The largest absolute Gasteiger partial charge is 0.383 e. The molecule has 1 atom stereocenters. The Labute approximate surface area is 116 Å². The summed E-state index contributed by atoms with van der Waals surface area (Å²) < 4.78 is 19.0. The molecule has 1 unspecified atom stereocenters. The Kier molecular flexibility index (Phi) is 6.78. The topological polar surface area (TPSA) is 38.5 Å². The first-order valence-corrected chi connectivity index (χ1v) is 6.81. The van der Waals surface area contributed by atoms with Crippen molar-refractivity contribution >= 4 is 15.9 Å². The van der Waals surface area contributed by atoms with Crippen LogP contribution in [0, 0.1) is 5.82 Å². The van der Waals surface area contributed by atoms with Gasteiger partial charge in [0.05, 0.1) is 6.61 Å². The fraction of sp³-hybridized carbons (Fsp3) is 0.538. The van der Waals surface area contributed by atoms with Gasteiger partial charge in [-0.3, -0.25) is 4.90 Å². The lowest BCUT2D eigenvalue weighted by atomic mass is 10.1. The molecular formula is C13H20BrFN2O. The summed E-state index contributed by atoms with van der Waals surface area (Å²) in [5.41, 5.74) is 6.87. The van der Waals surface area contributed by atoms with Gasteiger partial charge in [0.1, 0.15) is 5.82 Å². The molecule has 1 aromatic rings. The van der Waals surface area contributed by atoms with E-state index in [4.69, 9.17) is 10.5 Å². The Hall–Kier alpha value is -0.490. The minimum absolute atomic E-state index is 0.0696. The highest BCUT2D eigenvalue weighted by atomic mass is 79.9. The molecule has 0 aliphatic rings. The van der Waals surface area contributed by atoms with Crippen LogP contribution in [-0.4, -0.2) is 38.3 Å². The van der Waals surface area contributed by atoms with Crippen LogP contribution >= 0.6 is 15.9 Å². The lowest BCUT2D eigenvalue weighted by molar-refractivity contribution is 0.125. The molecule has 0 heterocycles. The zero-order valence-corrected chi connectivity index (χ0v) is 12.4. The minimum atomic E-state index is -0.249. The van der Waals surface area contributed by atoms with Crippen molar-refractivity contribution in [2.45, 2.75) is 13.0 Å². The van der Waals surface area contributed by atoms with E-state index < -0.39 is 0 Å². The van der Waals surface area contributed by atoms with Gasteiger partial charge < -0.3 is 10.5 Å². The molecule has 2 N–H and O–H groups in total. The fourth-order valence-electron chi connectivity index (χ4n) is 1.99. The van der Waals surface area contributed by atoms with E-state index in [0.29, 0.717) is 13.2 Å². The van der Waals surface area contributed by atoms with Gasteiger partial charge in [-0.15, -0.1) is 0 Å². The van der Waals surface area contributed by atoms with E-state index in [2.05, 4.69) is 27.8 Å². The standard InChI is InChI=1S/C13H20BrFN2O/c1-3-17(6-7-18-2)13(9-16)11-5-4-10(15)8-12(11)14/h4-5,8,13H,3,6-7,9,16H2,1-2H3. The average Bonchev–Trinajstić information content (AvgIpc) is 2.36. The van der Waals surface area contributed by atoms with E-state index in [0.717, 1.165) is 23.1 Å². The van der Waals surface area contributed by atoms with Crippen LogP contribution in [-0.2, 0) is 4.74 Å². The van der Waals surface area contributed by atoms with E-state index in [1.807, 2.05) is 0 Å². The number of likely N-dealkylation sites (N-methyl/N-ethyl adjacent to an activating group) is 1. The van der Waals surface area contributed by atoms with Crippen LogP contribution in [0.1, 0.15) is 18.5 Å². The second kappa shape index (κ2) is 7.84. The third-order valence-electron chi connectivity index (χ3n) is 2.97. The molecule has 18 heavy (non-hydrogen) atoms. The quantitative estimate of drug-likeness (QED) is 0.839. The molecule has 0 aliphatic heterocycles. The van der Waals surface area contributed by atoms with Crippen LogP contribution in [0.3, 0.4) is 0 Å². The predicted octanol–water partition coefficient (Wildman–Crippen LogP) is 2.56. The summed E-state index contributed by atoms with van der Waals surface area (Å²) in [5, 5.41) is 0. The molecular weight excluding hydrogens is 299 g/mol. The maximum Gasteiger partial charge on any atom is 0.124 e. The second-order valence-corrected chi connectivity index (χ2v) is 4.89. The van der Waals surface area contributed by atoms with Crippen molar-refractivity contribution in [1.82, 2.24) is 4.90 Å². The lowest BCUT2D eigenvalue weighted by Crippen LogP contribution is -2.36. The lowest BCUT2D eigenvalue weighted by Gasteiger charge is -2.30. The molecule has 0 aromatic heterocycles. The number of rotatable bonds is 7.